The molecule has 0 spiro atoms. The van der Waals surface area contributed by atoms with Crippen molar-refractivity contribution < 1.29 is 9.47 Å². The van der Waals surface area contributed by atoms with E-state index in [9.17, 15) is 0 Å². The summed E-state index contributed by atoms with van der Waals surface area (Å²) in [6.45, 7) is 9.91. The van der Waals surface area contributed by atoms with Crippen LogP contribution in [0.2, 0.25) is 0 Å². The lowest BCUT2D eigenvalue weighted by molar-refractivity contribution is -0.0416. The van der Waals surface area contributed by atoms with E-state index in [1.165, 1.54) is 0 Å². The first kappa shape index (κ1) is 14.2. The Bertz CT molecular complexity index is 253. The van der Waals surface area contributed by atoms with Gasteiger partial charge in [-0.15, -0.1) is 0 Å². The van der Waals surface area contributed by atoms with Crippen molar-refractivity contribution in [2.75, 3.05) is 39.5 Å². The third-order valence-electron chi connectivity index (χ3n) is 4.74. The molecule has 18 heavy (non-hydrogen) atoms. The predicted molar refractivity (Wildman–Crippen MR) is 71.1 cm³/mol. The van der Waals surface area contributed by atoms with Gasteiger partial charge in [-0.2, -0.15) is 0 Å². The second kappa shape index (κ2) is 6.30. The third-order valence-corrected chi connectivity index (χ3v) is 4.74. The molecule has 2 fully saturated rings. The highest BCUT2D eigenvalue weighted by atomic mass is 16.5. The van der Waals surface area contributed by atoms with Gasteiger partial charge in [-0.05, 0) is 19.8 Å². The normalized spacial score (nSPS) is 31.2. The van der Waals surface area contributed by atoms with Crippen LogP contribution in [0.15, 0.2) is 0 Å². The minimum atomic E-state index is 0.0803. The molecule has 2 aliphatic rings. The molecule has 106 valence electrons. The quantitative estimate of drug-likeness (QED) is 0.550. The summed E-state index contributed by atoms with van der Waals surface area (Å²) in [5.41, 5.74) is 3.15. The molecule has 0 saturated carbocycles. The third kappa shape index (κ3) is 2.70. The Balaban J connectivity index is 2.11. The summed E-state index contributed by atoms with van der Waals surface area (Å²) in [5, 5.41) is 0. The van der Waals surface area contributed by atoms with Crippen molar-refractivity contribution in [3.63, 3.8) is 0 Å². The van der Waals surface area contributed by atoms with E-state index in [2.05, 4.69) is 24.2 Å². The molecule has 0 amide bonds. The van der Waals surface area contributed by atoms with E-state index in [0.29, 0.717) is 5.92 Å². The van der Waals surface area contributed by atoms with Crippen molar-refractivity contribution in [3.8, 4) is 0 Å². The molecule has 2 rings (SSSR count). The predicted octanol–water partition coefficient (Wildman–Crippen LogP) is 0.356. The summed E-state index contributed by atoms with van der Waals surface area (Å²) in [6, 6.07) is 0.281. The van der Waals surface area contributed by atoms with Crippen molar-refractivity contribution in [2.24, 2.45) is 11.8 Å². The van der Waals surface area contributed by atoms with Gasteiger partial charge in [0.05, 0.1) is 19.8 Å². The number of ether oxygens (including phenoxy) is 2. The molecule has 2 saturated heterocycles. The Morgan fingerprint density at radius 2 is 2.06 bits per heavy atom. The van der Waals surface area contributed by atoms with Crippen LogP contribution >= 0.6 is 0 Å². The number of morpholine rings is 1. The Kier molecular flexibility index (Phi) is 4.98. The summed E-state index contributed by atoms with van der Waals surface area (Å²) >= 11 is 0. The van der Waals surface area contributed by atoms with Gasteiger partial charge in [-0.3, -0.25) is 16.2 Å². The number of hydrogen-bond donors (Lipinski definition) is 2. The lowest BCUT2D eigenvalue weighted by Crippen LogP contribution is -2.65. The zero-order valence-corrected chi connectivity index (χ0v) is 11.7. The zero-order valence-electron chi connectivity index (χ0n) is 11.7. The minimum absolute atomic E-state index is 0.0803. The Morgan fingerprint density at radius 3 is 2.56 bits per heavy atom. The van der Waals surface area contributed by atoms with Crippen LogP contribution in [0.5, 0.6) is 0 Å². The molecule has 2 aliphatic heterocycles. The van der Waals surface area contributed by atoms with Crippen LogP contribution in [-0.4, -0.2) is 56.0 Å². The van der Waals surface area contributed by atoms with Crippen molar-refractivity contribution >= 4 is 0 Å². The average molecular weight is 257 g/mol. The molecule has 3 atom stereocenters. The summed E-state index contributed by atoms with van der Waals surface area (Å²) < 4.78 is 11.0. The number of hydrogen-bond acceptors (Lipinski definition) is 5. The van der Waals surface area contributed by atoms with Crippen molar-refractivity contribution in [2.45, 2.75) is 38.3 Å². The molecule has 3 N–H and O–H groups in total. The first-order valence-electron chi connectivity index (χ1n) is 7.09. The minimum Gasteiger partial charge on any atom is -0.381 e. The number of hydrazine groups is 1. The van der Waals surface area contributed by atoms with E-state index < -0.39 is 0 Å². The number of nitrogens with two attached hydrogens (primary N) is 1. The van der Waals surface area contributed by atoms with Gasteiger partial charge in [0.1, 0.15) is 0 Å². The van der Waals surface area contributed by atoms with Gasteiger partial charge in [-0.1, -0.05) is 6.92 Å². The Hall–Kier alpha value is -0.200. The van der Waals surface area contributed by atoms with Gasteiger partial charge in [0, 0.05) is 37.2 Å². The van der Waals surface area contributed by atoms with Crippen molar-refractivity contribution in [1.29, 1.82) is 0 Å². The van der Waals surface area contributed by atoms with E-state index in [1.807, 2.05) is 0 Å². The topological polar surface area (TPSA) is 59.8 Å². The molecule has 0 aliphatic carbocycles. The van der Waals surface area contributed by atoms with E-state index in [1.54, 1.807) is 0 Å². The summed E-state index contributed by atoms with van der Waals surface area (Å²) in [5.74, 6) is 6.37. The maximum absolute atomic E-state index is 5.86. The van der Waals surface area contributed by atoms with Gasteiger partial charge >= 0.3 is 0 Å². The molecule has 0 aromatic carbocycles. The second-order valence-corrected chi connectivity index (χ2v) is 5.58. The van der Waals surface area contributed by atoms with E-state index >= 15 is 0 Å². The SMILES string of the molecule is CCC(C)(C(NN)C1CCOC1)N1CCOCC1. The smallest absolute Gasteiger partial charge is 0.0594 e. The molecule has 0 aromatic rings. The van der Waals surface area contributed by atoms with Crippen LogP contribution < -0.4 is 11.3 Å². The van der Waals surface area contributed by atoms with Gasteiger partial charge < -0.3 is 9.47 Å². The highest BCUT2D eigenvalue weighted by Gasteiger charge is 2.43. The zero-order chi connectivity index (χ0) is 13.0. The van der Waals surface area contributed by atoms with E-state index in [4.69, 9.17) is 15.3 Å². The van der Waals surface area contributed by atoms with Crippen molar-refractivity contribution in [1.82, 2.24) is 10.3 Å². The fourth-order valence-electron chi connectivity index (χ4n) is 3.35. The largest absolute Gasteiger partial charge is 0.381 e. The van der Waals surface area contributed by atoms with Gasteiger partial charge in [0.25, 0.3) is 0 Å². The molecular weight excluding hydrogens is 230 g/mol. The first-order chi connectivity index (χ1) is 8.72. The fraction of sp³-hybridized carbons (Fsp3) is 1.00. The summed E-state index contributed by atoms with van der Waals surface area (Å²) in [6.07, 6.45) is 2.19. The van der Waals surface area contributed by atoms with Crippen LogP contribution in [0.3, 0.4) is 0 Å². The average Bonchev–Trinajstić information content (AvgIpc) is 2.94. The van der Waals surface area contributed by atoms with E-state index in [0.717, 1.165) is 52.4 Å². The van der Waals surface area contributed by atoms with Gasteiger partial charge in [0.15, 0.2) is 0 Å². The molecule has 5 heteroatoms. The highest BCUT2D eigenvalue weighted by Crippen LogP contribution is 2.32. The molecule has 0 radical (unpaired) electrons. The van der Waals surface area contributed by atoms with Gasteiger partial charge in [0.2, 0.25) is 0 Å². The Morgan fingerprint density at radius 1 is 1.33 bits per heavy atom. The molecule has 0 aromatic heterocycles. The standard InChI is InChI=1S/C13H27N3O2/c1-3-13(2,16-5-8-17-9-6-16)12(15-14)11-4-7-18-10-11/h11-12,15H,3-10,14H2,1-2H3. The fourth-order valence-corrected chi connectivity index (χ4v) is 3.35. The maximum Gasteiger partial charge on any atom is 0.0594 e. The number of nitrogens with one attached hydrogen (secondary N) is 1. The monoisotopic (exact) mass is 257 g/mol. The van der Waals surface area contributed by atoms with Crippen LogP contribution in [0.25, 0.3) is 0 Å². The Labute approximate surface area is 110 Å². The van der Waals surface area contributed by atoms with E-state index in [-0.39, 0.29) is 11.6 Å². The van der Waals surface area contributed by atoms with Crippen LogP contribution in [0, 0.1) is 5.92 Å². The lowest BCUT2D eigenvalue weighted by Gasteiger charge is -2.49. The second-order valence-electron chi connectivity index (χ2n) is 5.58. The molecule has 2 heterocycles. The summed E-state index contributed by atoms with van der Waals surface area (Å²) in [4.78, 5) is 2.53. The maximum atomic E-state index is 5.86. The number of nitrogens with zero attached hydrogens (tertiary/aromatic N) is 1. The molecule has 3 unspecified atom stereocenters. The molecule has 0 bridgehead atoms. The van der Waals surface area contributed by atoms with Crippen molar-refractivity contribution in [3.05, 3.63) is 0 Å². The molecular formula is C13H27N3O2. The lowest BCUT2D eigenvalue weighted by atomic mass is 9.79. The summed E-state index contributed by atoms with van der Waals surface area (Å²) in [7, 11) is 0. The highest BCUT2D eigenvalue weighted by molar-refractivity contribution is 5.00. The van der Waals surface area contributed by atoms with Gasteiger partial charge in [-0.25, -0.2) is 0 Å². The van der Waals surface area contributed by atoms with Crippen LogP contribution in [-0.2, 0) is 9.47 Å². The first-order valence-corrected chi connectivity index (χ1v) is 7.09. The van der Waals surface area contributed by atoms with Crippen LogP contribution in [0.4, 0.5) is 0 Å². The van der Waals surface area contributed by atoms with Crippen LogP contribution in [0.1, 0.15) is 26.7 Å². The number of rotatable bonds is 5. The molecule has 5 nitrogen and oxygen atoms in total.